The van der Waals surface area contributed by atoms with Gasteiger partial charge in [-0.3, -0.25) is 0 Å². The standard InChI is InChI=1S/C10H11N3S/c1-13-10(7-12)14-9-4-2-8(6-11)3-5-9/h2-5,7,13H,12H2,1H3/b10-7+. The highest BCUT2D eigenvalue weighted by Gasteiger charge is 1.97. The number of hydrogen-bond acceptors (Lipinski definition) is 4. The van der Waals surface area contributed by atoms with Gasteiger partial charge in [0.1, 0.15) is 0 Å². The van der Waals surface area contributed by atoms with Crippen LogP contribution in [0.4, 0.5) is 0 Å². The van der Waals surface area contributed by atoms with Crippen LogP contribution >= 0.6 is 11.8 Å². The van der Waals surface area contributed by atoms with Gasteiger partial charge >= 0.3 is 0 Å². The van der Waals surface area contributed by atoms with Gasteiger partial charge < -0.3 is 11.1 Å². The van der Waals surface area contributed by atoms with E-state index >= 15 is 0 Å². The smallest absolute Gasteiger partial charge is 0.0991 e. The predicted molar refractivity (Wildman–Crippen MR) is 58.3 cm³/mol. The van der Waals surface area contributed by atoms with Crippen LogP contribution in [0.2, 0.25) is 0 Å². The van der Waals surface area contributed by atoms with E-state index in [9.17, 15) is 0 Å². The molecule has 3 nitrogen and oxygen atoms in total. The van der Waals surface area contributed by atoms with Gasteiger partial charge in [0.25, 0.3) is 0 Å². The number of thioether (sulfide) groups is 1. The van der Waals surface area contributed by atoms with Crippen molar-refractivity contribution in [3.63, 3.8) is 0 Å². The molecule has 1 aromatic rings. The van der Waals surface area contributed by atoms with E-state index in [4.69, 9.17) is 11.0 Å². The minimum Gasteiger partial charge on any atom is -0.402 e. The number of nitriles is 1. The minimum absolute atomic E-state index is 0.664. The molecule has 1 aromatic carbocycles. The molecule has 0 spiro atoms. The van der Waals surface area contributed by atoms with Crippen LogP contribution in [0, 0.1) is 11.3 Å². The quantitative estimate of drug-likeness (QED) is 0.736. The molecule has 14 heavy (non-hydrogen) atoms. The molecule has 0 atom stereocenters. The molecule has 72 valence electrons. The molecule has 0 heterocycles. The van der Waals surface area contributed by atoms with Crippen molar-refractivity contribution in [2.24, 2.45) is 5.73 Å². The topological polar surface area (TPSA) is 61.8 Å². The van der Waals surface area contributed by atoms with E-state index in [-0.39, 0.29) is 0 Å². The average Bonchev–Trinajstić information content (AvgIpc) is 2.26. The minimum atomic E-state index is 0.664. The van der Waals surface area contributed by atoms with E-state index in [0.717, 1.165) is 9.92 Å². The van der Waals surface area contributed by atoms with Gasteiger partial charge in [-0.2, -0.15) is 5.26 Å². The fourth-order valence-corrected chi connectivity index (χ4v) is 1.59. The van der Waals surface area contributed by atoms with Crippen LogP contribution in [0.3, 0.4) is 0 Å². The molecule has 0 bridgehead atoms. The normalized spacial score (nSPS) is 10.7. The van der Waals surface area contributed by atoms with Crippen LogP contribution in [-0.2, 0) is 0 Å². The molecule has 0 radical (unpaired) electrons. The average molecular weight is 205 g/mol. The van der Waals surface area contributed by atoms with Gasteiger partial charge in [-0.15, -0.1) is 0 Å². The lowest BCUT2D eigenvalue weighted by Crippen LogP contribution is -2.04. The molecule has 0 unspecified atom stereocenters. The summed E-state index contributed by atoms with van der Waals surface area (Å²) in [6, 6.07) is 9.42. The lowest BCUT2D eigenvalue weighted by Gasteiger charge is -2.04. The summed E-state index contributed by atoms with van der Waals surface area (Å²) in [4.78, 5) is 1.05. The Kier molecular flexibility index (Phi) is 3.89. The van der Waals surface area contributed by atoms with Crippen LogP contribution in [0.5, 0.6) is 0 Å². The predicted octanol–water partition coefficient (Wildman–Crippen LogP) is 1.63. The zero-order valence-corrected chi connectivity index (χ0v) is 8.64. The van der Waals surface area contributed by atoms with Crippen molar-refractivity contribution < 1.29 is 0 Å². The van der Waals surface area contributed by atoms with Crippen LogP contribution in [0.25, 0.3) is 0 Å². The van der Waals surface area contributed by atoms with E-state index in [2.05, 4.69) is 11.4 Å². The maximum absolute atomic E-state index is 8.60. The zero-order valence-electron chi connectivity index (χ0n) is 7.82. The largest absolute Gasteiger partial charge is 0.402 e. The molecule has 3 N–H and O–H groups in total. The molecular weight excluding hydrogens is 194 g/mol. The fraction of sp³-hybridized carbons (Fsp3) is 0.100. The van der Waals surface area contributed by atoms with Gasteiger partial charge in [0, 0.05) is 18.1 Å². The van der Waals surface area contributed by atoms with Gasteiger partial charge in [0.05, 0.1) is 16.7 Å². The Bertz CT molecular complexity index is 362. The first-order valence-corrected chi connectivity index (χ1v) is 4.89. The van der Waals surface area contributed by atoms with Gasteiger partial charge in [-0.1, -0.05) is 11.8 Å². The van der Waals surface area contributed by atoms with E-state index in [1.165, 1.54) is 18.0 Å². The Labute approximate surface area is 87.6 Å². The van der Waals surface area contributed by atoms with E-state index in [0.29, 0.717) is 5.56 Å². The van der Waals surface area contributed by atoms with Crippen molar-refractivity contribution in [3.05, 3.63) is 41.1 Å². The SMILES string of the molecule is CN/C(=C\N)Sc1ccc(C#N)cc1. The lowest BCUT2D eigenvalue weighted by atomic mass is 10.2. The second-order valence-corrected chi connectivity index (χ2v) is 3.63. The van der Waals surface area contributed by atoms with Gasteiger partial charge in [0.15, 0.2) is 0 Å². The van der Waals surface area contributed by atoms with Crippen molar-refractivity contribution in [2.45, 2.75) is 4.90 Å². The van der Waals surface area contributed by atoms with Crippen LogP contribution in [-0.4, -0.2) is 7.05 Å². The molecule has 0 saturated heterocycles. The Morgan fingerprint density at radius 1 is 1.50 bits per heavy atom. The molecular formula is C10H11N3S. The maximum Gasteiger partial charge on any atom is 0.0991 e. The second kappa shape index (κ2) is 5.20. The first-order valence-electron chi connectivity index (χ1n) is 4.08. The summed E-state index contributed by atoms with van der Waals surface area (Å²) in [5.41, 5.74) is 6.05. The van der Waals surface area contributed by atoms with Crippen LogP contribution in [0.1, 0.15) is 5.56 Å². The summed E-state index contributed by atoms with van der Waals surface area (Å²) in [5.74, 6) is 0. The molecule has 0 aliphatic heterocycles. The highest BCUT2D eigenvalue weighted by atomic mass is 32.2. The molecule has 4 heteroatoms. The number of benzene rings is 1. The summed E-state index contributed by atoms with van der Waals surface area (Å²) >= 11 is 1.52. The third-order valence-corrected chi connectivity index (χ3v) is 2.68. The highest BCUT2D eigenvalue weighted by Crippen LogP contribution is 2.23. The first-order chi connectivity index (χ1) is 6.80. The van der Waals surface area contributed by atoms with Crippen molar-refractivity contribution in [1.82, 2.24) is 5.32 Å². The van der Waals surface area contributed by atoms with Crippen molar-refractivity contribution in [1.29, 1.82) is 5.26 Å². The molecule has 0 fully saturated rings. The van der Waals surface area contributed by atoms with E-state index < -0.39 is 0 Å². The van der Waals surface area contributed by atoms with Gasteiger partial charge in [-0.05, 0) is 24.3 Å². The van der Waals surface area contributed by atoms with E-state index in [1.807, 2.05) is 19.2 Å². The molecule has 0 aliphatic carbocycles. The fourth-order valence-electron chi connectivity index (χ4n) is 0.893. The summed E-state index contributed by atoms with van der Waals surface area (Å²) < 4.78 is 0. The number of hydrogen-bond donors (Lipinski definition) is 2. The number of nitrogens with zero attached hydrogens (tertiary/aromatic N) is 1. The van der Waals surface area contributed by atoms with E-state index in [1.54, 1.807) is 12.1 Å². The van der Waals surface area contributed by atoms with Crippen molar-refractivity contribution in [3.8, 4) is 6.07 Å². The Balaban J connectivity index is 2.74. The monoisotopic (exact) mass is 205 g/mol. The summed E-state index contributed by atoms with van der Waals surface area (Å²) in [5, 5.41) is 12.4. The molecule has 0 amide bonds. The highest BCUT2D eigenvalue weighted by molar-refractivity contribution is 8.03. The van der Waals surface area contributed by atoms with Crippen LogP contribution in [0.15, 0.2) is 40.4 Å². The summed E-state index contributed by atoms with van der Waals surface area (Å²) in [6.07, 6.45) is 1.52. The number of nitrogens with two attached hydrogens (primary N) is 1. The Morgan fingerprint density at radius 3 is 2.57 bits per heavy atom. The first kappa shape index (κ1) is 10.5. The Morgan fingerprint density at radius 2 is 2.14 bits per heavy atom. The molecule has 0 aliphatic rings. The van der Waals surface area contributed by atoms with Gasteiger partial charge in [0.2, 0.25) is 0 Å². The van der Waals surface area contributed by atoms with Crippen molar-refractivity contribution in [2.75, 3.05) is 7.05 Å². The third kappa shape index (κ3) is 2.71. The zero-order chi connectivity index (χ0) is 10.4. The van der Waals surface area contributed by atoms with Crippen molar-refractivity contribution >= 4 is 11.8 Å². The summed E-state index contributed by atoms with van der Waals surface area (Å²) in [7, 11) is 1.81. The molecule has 0 saturated carbocycles. The molecule has 1 rings (SSSR count). The maximum atomic E-state index is 8.60. The van der Waals surface area contributed by atoms with Gasteiger partial charge in [-0.25, -0.2) is 0 Å². The third-order valence-electron chi connectivity index (χ3n) is 1.61. The Hall–Kier alpha value is -1.60. The lowest BCUT2D eigenvalue weighted by molar-refractivity contribution is 1.07. The summed E-state index contributed by atoms with van der Waals surface area (Å²) in [6.45, 7) is 0. The second-order valence-electron chi connectivity index (χ2n) is 2.52. The number of nitrogens with one attached hydrogen (secondary N) is 1. The molecule has 0 aromatic heterocycles. The van der Waals surface area contributed by atoms with Crippen LogP contribution < -0.4 is 11.1 Å². The number of rotatable bonds is 3.